The molecule has 1 aliphatic rings. The van der Waals surface area contributed by atoms with Crippen molar-refractivity contribution in [1.82, 2.24) is 0 Å². The van der Waals surface area contributed by atoms with Gasteiger partial charge in [0.2, 0.25) is 0 Å². The molecule has 278 valence electrons. The van der Waals surface area contributed by atoms with Crippen LogP contribution in [0.3, 0.4) is 0 Å². The van der Waals surface area contributed by atoms with E-state index in [1.165, 1.54) is 25.0 Å². The Labute approximate surface area is 291 Å². The van der Waals surface area contributed by atoms with Crippen molar-refractivity contribution in [3.8, 4) is 28.0 Å². The van der Waals surface area contributed by atoms with Crippen LogP contribution in [-0.4, -0.2) is 6.18 Å². The first-order valence-corrected chi connectivity index (χ1v) is 16.6. The van der Waals surface area contributed by atoms with Gasteiger partial charge in [0.25, 0.3) is 0 Å². The standard InChI is InChI=1S/C39H32F12O/c1-2-3-4-5-21-6-8-22(9-7-21)23-10-12-27(29(40)14-23)25-17-33(44)37(34(45)18-25)39(50,51)52-26-11-13-28(30(41)19-26)24-15-31(42)36(32(43)16-24)35(46)20-38(47,48)49/h10-22H,2-9H2,1H3/b35-20-. The Balaban J connectivity index is 1.32. The maximum absolute atomic E-state index is 15.3. The second-order valence-corrected chi connectivity index (χ2v) is 12.9. The summed E-state index contributed by atoms with van der Waals surface area (Å²) in [7, 11) is 0. The first-order valence-electron chi connectivity index (χ1n) is 16.6. The first-order chi connectivity index (χ1) is 24.5. The summed E-state index contributed by atoms with van der Waals surface area (Å²) in [6, 6.07) is 7.61. The van der Waals surface area contributed by atoms with E-state index in [-0.39, 0.29) is 17.0 Å². The van der Waals surface area contributed by atoms with Crippen molar-refractivity contribution in [2.75, 3.05) is 0 Å². The van der Waals surface area contributed by atoms with E-state index in [1.54, 1.807) is 6.07 Å². The van der Waals surface area contributed by atoms with E-state index in [2.05, 4.69) is 11.7 Å². The van der Waals surface area contributed by atoms with Crippen molar-refractivity contribution >= 4 is 5.83 Å². The van der Waals surface area contributed by atoms with E-state index < -0.39 is 87.1 Å². The zero-order valence-electron chi connectivity index (χ0n) is 27.6. The van der Waals surface area contributed by atoms with Gasteiger partial charge in [0.15, 0.2) is 0 Å². The Morgan fingerprint density at radius 2 is 1.21 bits per heavy atom. The Morgan fingerprint density at radius 3 is 1.73 bits per heavy atom. The molecule has 0 spiro atoms. The lowest BCUT2D eigenvalue weighted by Gasteiger charge is -2.29. The van der Waals surface area contributed by atoms with Crippen LogP contribution in [0.4, 0.5) is 52.7 Å². The monoisotopic (exact) mass is 744 g/mol. The minimum absolute atomic E-state index is 0.123. The van der Waals surface area contributed by atoms with Crippen molar-refractivity contribution < 1.29 is 57.4 Å². The van der Waals surface area contributed by atoms with E-state index in [0.717, 1.165) is 44.1 Å². The molecule has 0 heterocycles. The first kappa shape index (κ1) is 38.8. The quantitative estimate of drug-likeness (QED) is 0.110. The van der Waals surface area contributed by atoms with E-state index in [1.807, 2.05) is 0 Å². The van der Waals surface area contributed by atoms with Gasteiger partial charge in [0.05, 0.1) is 11.6 Å². The molecule has 0 amide bonds. The molecular formula is C39H32F12O. The van der Waals surface area contributed by atoms with Gasteiger partial charge < -0.3 is 4.74 Å². The Morgan fingerprint density at radius 1 is 0.673 bits per heavy atom. The van der Waals surface area contributed by atoms with E-state index in [9.17, 15) is 30.7 Å². The van der Waals surface area contributed by atoms with Gasteiger partial charge in [0.1, 0.15) is 52.0 Å². The van der Waals surface area contributed by atoms with Gasteiger partial charge in [-0.05, 0) is 96.7 Å². The summed E-state index contributed by atoms with van der Waals surface area (Å²) in [6.45, 7) is 2.15. The molecule has 0 N–H and O–H groups in total. The van der Waals surface area contributed by atoms with Crippen molar-refractivity contribution in [3.05, 3.63) is 118 Å². The summed E-state index contributed by atoms with van der Waals surface area (Å²) in [6.07, 6.45) is -2.48. The van der Waals surface area contributed by atoms with E-state index in [4.69, 9.17) is 0 Å². The Kier molecular flexibility index (Phi) is 11.7. The molecule has 5 rings (SSSR count). The molecule has 1 fully saturated rings. The summed E-state index contributed by atoms with van der Waals surface area (Å²) in [5.41, 5.74) is -4.67. The highest BCUT2D eigenvalue weighted by Gasteiger charge is 2.41. The molecule has 1 saturated carbocycles. The molecule has 4 aromatic carbocycles. The highest BCUT2D eigenvalue weighted by Crippen LogP contribution is 2.41. The van der Waals surface area contributed by atoms with Crippen LogP contribution in [-0.2, 0) is 6.11 Å². The predicted molar refractivity (Wildman–Crippen MR) is 172 cm³/mol. The molecule has 0 unspecified atom stereocenters. The Hall–Kier alpha value is -4.42. The van der Waals surface area contributed by atoms with Gasteiger partial charge in [-0.2, -0.15) is 22.0 Å². The third kappa shape index (κ3) is 8.95. The van der Waals surface area contributed by atoms with Crippen molar-refractivity contribution in [2.24, 2.45) is 5.92 Å². The van der Waals surface area contributed by atoms with E-state index >= 15 is 22.0 Å². The van der Waals surface area contributed by atoms with Crippen LogP contribution in [0.5, 0.6) is 5.75 Å². The van der Waals surface area contributed by atoms with Crippen LogP contribution < -0.4 is 4.74 Å². The van der Waals surface area contributed by atoms with Crippen LogP contribution in [0.2, 0.25) is 0 Å². The number of halogens is 12. The molecule has 0 bridgehead atoms. The lowest BCUT2D eigenvalue weighted by molar-refractivity contribution is -0.189. The zero-order chi connectivity index (χ0) is 38.0. The fraction of sp³-hybridized carbons (Fsp3) is 0.333. The molecule has 13 heteroatoms. The minimum atomic E-state index is -5.24. The molecular weight excluding hydrogens is 712 g/mol. The Bertz CT molecular complexity index is 1890. The summed E-state index contributed by atoms with van der Waals surface area (Å²) in [4.78, 5) is 0. The maximum Gasteiger partial charge on any atom is 0.432 e. The molecule has 4 aromatic rings. The average Bonchev–Trinajstić information content (AvgIpc) is 3.03. The van der Waals surface area contributed by atoms with Crippen LogP contribution in [0, 0.1) is 40.8 Å². The number of unbranched alkanes of at least 4 members (excludes halogenated alkanes) is 2. The van der Waals surface area contributed by atoms with Gasteiger partial charge in [-0.15, -0.1) is 0 Å². The average molecular weight is 745 g/mol. The normalized spacial score (nSPS) is 17.1. The van der Waals surface area contributed by atoms with Crippen LogP contribution >= 0.6 is 0 Å². The van der Waals surface area contributed by atoms with Gasteiger partial charge >= 0.3 is 12.3 Å². The van der Waals surface area contributed by atoms with Crippen molar-refractivity contribution in [3.63, 3.8) is 0 Å². The van der Waals surface area contributed by atoms with Gasteiger partial charge in [-0.1, -0.05) is 44.7 Å². The maximum atomic E-state index is 15.3. The number of allylic oxidation sites excluding steroid dienone is 1. The van der Waals surface area contributed by atoms with Crippen LogP contribution in [0.1, 0.15) is 80.9 Å². The lowest BCUT2D eigenvalue weighted by Crippen LogP contribution is -2.25. The number of hydrogen-bond donors (Lipinski definition) is 0. The molecule has 0 aromatic heterocycles. The molecule has 0 atom stereocenters. The molecule has 0 saturated heterocycles. The second kappa shape index (κ2) is 15.7. The van der Waals surface area contributed by atoms with E-state index in [0.29, 0.717) is 48.4 Å². The van der Waals surface area contributed by atoms with Gasteiger partial charge in [-0.3, -0.25) is 0 Å². The fourth-order valence-electron chi connectivity index (χ4n) is 6.66. The summed E-state index contributed by atoms with van der Waals surface area (Å²) >= 11 is 0. The number of alkyl halides is 5. The molecule has 0 radical (unpaired) electrons. The fourth-order valence-corrected chi connectivity index (χ4v) is 6.66. The van der Waals surface area contributed by atoms with Gasteiger partial charge in [-0.25, -0.2) is 30.7 Å². The highest BCUT2D eigenvalue weighted by molar-refractivity contribution is 5.70. The number of hydrogen-bond acceptors (Lipinski definition) is 1. The topological polar surface area (TPSA) is 9.23 Å². The van der Waals surface area contributed by atoms with Crippen LogP contribution in [0.15, 0.2) is 66.7 Å². The molecule has 1 aliphatic carbocycles. The largest absolute Gasteiger partial charge is 0.432 e. The van der Waals surface area contributed by atoms with Crippen molar-refractivity contribution in [2.45, 2.75) is 76.5 Å². The number of ether oxygens (including phenoxy) is 1. The van der Waals surface area contributed by atoms with Gasteiger partial charge in [0, 0.05) is 17.2 Å². The summed E-state index contributed by atoms with van der Waals surface area (Å²) < 4.78 is 175. The lowest BCUT2D eigenvalue weighted by atomic mass is 9.77. The van der Waals surface area contributed by atoms with Crippen LogP contribution in [0.25, 0.3) is 28.1 Å². The number of benzene rings is 4. The summed E-state index contributed by atoms with van der Waals surface area (Å²) in [5, 5.41) is 0. The molecule has 52 heavy (non-hydrogen) atoms. The summed E-state index contributed by atoms with van der Waals surface area (Å²) in [5.74, 6) is -12.0. The van der Waals surface area contributed by atoms with Crippen molar-refractivity contribution in [1.29, 1.82) is 0 Å². The predicted octanol–water partition coefficient (Wildman–Crippen LogP) is 13.7. The highest BCUT2D eigenvalue weighted by atomic mass is 19.4. The molecule has 1 nitrogen and oxygen atoms in total. The SMILES string of the molecule is CCCCCC1CCC(c2ccc(-c3cc(F)c(C(F)(F)Oc4ccc(-c5cc(F)c(/C(F)=C/C(F)(F)F)c(F)c5)c(F)c4)c(F)c3)c(F)c2)CC1. The third-order valence-corrected chi connectivity index (χ3v) is 9.24. The number of rotatable bonds is 11. The third-order valence-electron chi connectivity index (χ3n) is 9.24. The minimum Gasteiger partial charge on any atom is -0.429 e. The molecule has 0 aliphatic heterocycles. The second-order valence-electron chi connectivity index (χ2n) is 12.9. The zero-order valence-corrected chi connectivity index (χ0v) is 27.6. The smallest absolute Gasteiger partial charge is 0.429 e.